The summed E-state index contributed by atoms with van der Waals surface area (Å²) in [5.74, 6) is 2.75. The van der Waals surface area contributed by atoms with Crippen molar-refractivity contribution in [2.24, 2.45) is 0 Å². The van der Waals surface area contributed by atoms with E-state index in [0.717, 1.165) is 41.2 Å². The Balaban J connectivity index is 1.29. The number of carbonyl (C=O) groups is 1. The summed E-state index contributed by atoms with van der Waals surface area (Å²) < 4.78 is 16.6. The van der Waals surface area contributed by atoms with Crippen molar-refractivity contribution in [3.63, 3.8) is 0 Å². The van der Waals surface area contributed by atoms with Crippen LogP contribution in [0.4, 0.5) is 0 Å². The van der Waals surface area contributed by atoms with Crippen LogP contribution in [0.5, 0.6) is 5.75 Å². The molecular formula is C28H28N4O4. The number of aromatic nitrogens is 3. The molecule has 1 aliphatic heterocycles. The molecule has 0 saturated carbocycles. The summed E-state index contributed by atoms with van der Waals surface area (Å²) in [6.45, 7) is 6.98. The molecule has 5 aromatic rings. The van der Waals surface area contributed by atoms with Crippen LogP contribution in [0.2, 0.25) is 0 Å². The van der Waals surface area contributed by atoms with Crippen molar-refractivity contribution >= 4 is 27.9 Å². The highest BCUT2D eigenvalue weighted by molar-refractivity contribution is 6.07. The number of hydrogen-bond donors (Lipinski definition) is 1. The van der Waals surface area contributed by atoms with Gasteiger partial charge in [0.1, 0.15) is 17.3 Å². The number of likely N-dealkylation sites (tertiary alicyclic amines) is 1. The number of nitrogens with zero attached hydrogens (tertiary/aromatic N) is 3. The highest BCUT2D eigenvalue weighted by Gasteiger charge is 2.29. The molecule has 1 amide bonds. The molecule has 0 bridgehead atoms. The maximum atomic E-state index is 13.8. The lowest BCUT2D eigenvalue weighted by Gasteiger charge is -2.32. The fourth-order valence-corrected chi connectivity index (χ4v) is 5.44. The second kappa shape index (κ2) is 8.55. The summed E-state index contributed by atoms with van der Waals surface area (Å²) >= 11 is 0. The number of aryl methyl sites for hydroxylation is 3. The molecule has 1 N–H and O–H groups in total. The molecule has 1 aliphatic rings. The second-order valence-corrected chi connectivity index (χ2v) is 9.55. The number of carbonyl (C=O) groups excluding carboxylic acids is 1. The molecule has 1 aromatic carbocycles. The summed E-state index contributed by atoms with van der Waals surface area (Å²) in [5.41, 5.74) is 5.49. The molecule has 0 aliphatic carbocycles. The number of methoxy groups -OCH3 is 1. The first kappa shape index (κ1) is 22.4. The van der Waals surface area contributed by atoms with Crippen LogP contribution in [0, 0.1) is 20.8 Å². The predicted octanol–water partition coefficient (Wildman–Crippen LogP) is 5.92. The van der Waals surface area contributed by atoms with Crippen LogP contribution in [0.15, 0.2) is 45.5 Å². The Morgan fingerprint density at radius 2 is 1.94 bits per heavy atom. The number of amides is 1. The van der Waals surface area contributed by atoms with Crippen LogP contribution in [-0.2, 0) is 0 Å². The van der Waals surface area contributed by atoms with E-state index < -0.39 is 0 Å². The van der Waals surface area contributed by atoms with Gasteiger partial charge in [-0.3, -0.25) is 4.79 Å². The van der Waals surface area contributed by atoms with Gasteiger partial charge in [-0.1, -0.05) is 5.16 Å². The van der Waals surface area contributed by atoms with E-state index in [2.05, 4.69) is 27.4 Å². The van der Waals surface area contributed by atoms with Crippen molar-refractivity contribution in [3.8, 4) is 17.0 Å². The zero-order valence-corrected chi connectivity index (χ0v) is 20.8. The topological polar surface area (TPSA) is 97.4 Å². The minimum absolute atomic E-state index is 0.0214. The highest BCUT2D eigenvalue weighted by Crippen LogP contribution is 2.36. The van der Waals surface area contributed by atoms with Crippen molar-refractivity contribution in [1.82, 2.24) is 20.0 Å². The van der Waals surface area contributed by atoms with Gasteiger partial charge in [0, 0.05) is 35.8 Å². The van der Waals surface area contributed by atoms with Crippen molar-refractivity contribution in [1.29, 1.82) is 0 Å². The van der Waals surface area contributed by atoms with E-state index >= 15 is 0 Å². The Bertz CT molecular complexity index is 1600. The Morgan fingerprint density at radius 1 is 1.14 bits per heavy atom. The number of fused-ring (bicyclic) bond motifs is 2. The van der Waals surface area contributed by atoms with Crippen LogP contribution < -0.4 is 4.74 Å². The number of ether oxygens (including phenoxy) is 1. The predicted molar refractivity (Wildman–Crippen MR) is 136 cm³/mol. The molecule has 0 radical (unpaired) electrons. The van der Waals surface area contributed by atoms with Gasteiger partial charge in [-0.15, -0.1) is 0 Å². The van der Waals surface area contributed by atoms with E-state index in [-0.39, 0.29) is 5.91 Å². The first-order valence-electron chi connectivity index (χ1n) is 12.2. The van der Waals surface area contributed by atoms with Gasteiger partial charge in [0.25, 0.3) is 11.6 Å². The number of hydrogen-bond acceptors (Lipinski definition) is 6. The smallest absolute Gasteiger partial charge is 0.259 e. The van der Waals surface area contributed by atoms with Gasteiger partial charge in [0.15, 0.2) is 0 Å². The number of rotatable bonds is 4. The van der Waals surface area contributed by atoms with Crippen LogP contribution in [0.1, 0.15) is 51.9 Å². The highest BCUT2D eigenvalue weighted by atomic mass is 16.5. The minimum atomic E-state index is -0.0214. The maximum Gasteiger partial charge on any atom is 0.259 e. The molecule has 0 spiro atoms. The van der Waals surface area contributed by atoms with Gasteiger partial charge in [-0.25, -0.2) is 4.98 Å². The summed E-state index contributed by atoms with van der Waals surface area (Å²) in [6, 6.07) is 9.88. The van der Waals surface area contributed by atoms with Crippen LogP contribution in [-0.4, -0.2) is 46.1 Å². The number of benzene rings is 1. The standard InChI is InChI=1S/C28H28N4O4/c1-15-11-20(17(3)35-15)25-13-22(26-16(2)31-36-27(26)30-25)28(33)32-9-7-18(8-10-32)23-14-29-24-6-5-19(34-4)12-21(23)24/h5-6,11-14,18,29H,7-10H2,1-4H3. The van der Waals surface area contributed by atoms with E-state index in [4.69, 9.17) is 13.7 Å². The summed E-state index contributed by atoms with van der Waals surface area (Å²) in [6.07, 6.45) is 3.87. The summed E-state index contributed by atoms with van der Waals surface area (Å²) in [4.78, 5) is 23.8. The maximum absolute atomic E-state index is 13.8. The van der Waals surface area contributed by atoms with Crippen LogP contribution in [0.3, 0.4) is 0 Å². The number of piperidine rings is 1. The Hall–Kier alpha value is -4.07. The van der Waals surface area contributed by atoms with Gasteiger partial charge in [0.2, 0.25) is 0 Å². The van der Waals surface area contributed by atoms with Gasteiger partial charge in [0.05, 0.1) is 29.4 Å². The first-order valence-corrected chi connectivity index (χ1v) is 12.2. The third kappa shape index (κ3) is 3.64. The molecular weight excluding hydrogens is 456 g/mol. The quantitative estimate of drug-likeness (QED) is 0.340. The average Bonchev–Trinajstić information content (AvgIpc) is 3.59. The van der Waals surface area contributed by atoms with Gasteiger partial charge >= 0.3 is 0 Å². The number of H-pyrrole nitrogens is 1. The fourth-order valence-electron chi connectivity index (χ4n) is 5.44. The number of pyridine rings is 1. The van der Waals surface area contributed by atoms with E-state index in [0.29, 0.717) is 47.1 Å². The molecule has 1 fully saturated rings. The SMILES string of the molecule is COc1ccc2[nH]cc(C3CCN(C(=O)c4cc(-c5cc(C)oc5C)nc5onc(C)c45)CC3)c2c1. The van der Waals surface area contributed by atoms with E-state index in [9.17, 15) is 4.79 Å². The average molecular weight is 485 g/mol. The fraction of sp³-hybridized carbons (Fsp3) is 0.321. The van der Waals surface area contributed by atoms with E-state index in [1.165, 1.54) is 10.9 Å². The molecule has 184 valence electrons. The zero-order valence-electron chi connectivity index (χ0n) is 20.8. The third-order valence-electron chi connectivity index (χ3n) is 7.31. The van der Waals surface area contributed by atoms with E-state index in [1.54, 1.807) is 7.11 Å². The molecule has 5 heterocycles. The van der Waals surface area contributed by atoms with Crippen molar-refractivity contribution in [3.05, 3.63) is 64.9 Å². The largest absolute Gasteiger partial charge is 0.497 e. The number of furan rings is 1. The molecule has 36 heavy (non-hydrogen) atoms. The third-order valence-corrected chi connectivity index (χ3v) is 7.31. The van der Waals surface area contributed by atoms with Crippen molar-refractivity contribution in [2.75, 3.05) is 20.2 Å². The lowest BCUT2D eigenvalue weighted by molar-refractivity contribution is 0.0715. The van der Waals surface area contributed by atoms with Crippen LogP contribution >= 0.6 is 0 Å². The molecule has 4 aromatic heterocycles. The molecule has 6 rings (SSSR count). The second-order valence-electron chi connectivity index (χ2n) is 9.55. The zero-order chi connectivity index (χ0) is 25.0. The molecule has 0 atom stereocenters. The Labute approximate surface area is 208 Å². The lowest BCUT2D eigenvalue weighted by Crippen LogP contribution is -2.38. The normalized spacial score (nSPS) is 14.7. The number of nitrogens with one attached hydrogen (secondary N) is 1. The van der Waals surface area contributed by atoms with Crippen molar-refractivity contribution in [2.45, 2.75) is 39.5 Å². The molecule has 0 unspecified atom stereocenters. The molecule has 8 heteroatoms. The van der Waals surface area contributed by atoms with Gasteiger partial charge in [-0.05, 0) is 75.4 Å². The molecule has 8 nitrogen and oxygen atoms in total. The van der Waals surface area contributed by atoms with Crippen molar-refractivity contribution < 1.29 is 18.5 Å². The van der Waals surface area contributed by atoms with Crippen LogP contribution in [0.25, 0.3) is 33.3 Å². The number of aromatic amines is 1. The van der Waals surface area contributed by atoms with Gasteiger partial charge in [-0.2, -0.15) is 0 Å². The molecule has 1 saturated heterocycles. The summed E-state index contributed by atoms with van der Waals surface area (Å²) in [5, 5.41) is 5.95. The lowest BCUT2D eigenvalue weighted by atomic mass is 9.89. The monoisotopic (exact) mass is 484 g/mol. The Kier molecular flexibility index (Phi) is 5.32. The van der Waals surface area contributed by atoms with E-state index in [1.807, 2.05) is 49.9 Å². The summed E-state index contributed by atoms with van der Waals surface area (Å²) in [7, 11) is 1.69. The Morgan fingerprint density at radius 3 is 2.67 bits per heavy atom. The minimum Gasteiger partial charge on any atom is -0.497 e. The van der Waals surface area contributed by atoms with Gasteiger partial charge < -0.3 is 23.6 Å². The first-order chi connectivity index (χ1) is 17.4.